The van der Waals surface area contributed by atoms with E-state index in [-0.39, 0.29) is 13.0 Å². The number of nitrogens with zero attached hydrogens (tertiary/aromatic N) is 3. The minimum Gasteiger partial charge on any atom is -0.481 e. The Balaban J connectivity index is 2.02. The van der Waals surface area contributed by atoms with Crippen LogP contribution >= 0.6 is 0 Å². The highest BCUT2D eigenvalue weighted by Gasteiger charge is 2.39. The van der Waals surface area contributed by atoms with Crippen molar-refractivity contribution in [1.82, 2.24) is 14.5 Å². The Morgan fingerprint density at radius 1 is 1.30 bits per heavy atom. The first-order chi connectivity index (χ1) is 11.0. The van der Waals surface area contributed by atoms with Crippen LogP contribution in [0, 0.1) is 0 Å². The first-order valence-electron chi connectivity index (χ1n) is 7.11. The SMILES string of the molecule is Cn1ccnc1CN1C(=O)c2ccccc2C(CC(=O)O)C1=O. The van der Waals surface area contributed by atoms with E-state index in [4.69, 9.17) is 5.11 Å². The third-order valence-corrected chi connectivity index (χ3v) is 3.98. The molecule has 1 aromatic carbocycles. The second-order valence-corrected chi connectivity index (χ2v) is 5.42. The summed E-state index contributed by atoms with van der Waals surface area (Å²) >= 11 is 0. The summed E-state index contributed by atoms with van der Waals surface area (Å²) in [6.45, 7) is 0.0195. The Morgan fingerprint density at radius 2 is 2.04 bits per heavy atom. The van der Waals surface area contributed by atoms with Gasteiger partial charge >= 0.3 is 5.97 Å². The van der Waals surface area contributed by atoms with Crippen molar-refractivity contribution in [2.75, 3.05) is 0 Å². The molecular formula is C16H15N3O4. The monoisotopic (exact) mass is 313 g/mol. The van der Waals surface area contributed by atoms with Crippen molar-refractivity contribution in [1.29, 1.82) is 0 Å². The van der Waals surface area contributed by atoms with E-state index in [0.29, 0.717) is 17.0 Å². The molecule has 0 saturated carbocycles. The number of fused-ring (bicyclic) bond motifs is 1. The van der Waals surface area contributed by atoms with Gasteiger partial charge in [-0.25, -0.2) is 4.98 Å². The van der Waals surface area contributed by atoms with Gasteiger partial charge in [0.05, 0.1) is 18.9 Å². The van der Waals surface area contributed by atoms with E-state index >= 15 is 0 Å². The molecule has 1 aliphatic heterocycles. The first-order valence-corrected chi connectivity index (χ1v) is 7.11. The van der Waals surface area contributed by atoms with Crippen molar-refractivity contribution in [2.24, 2.45) is 7.05 Å². The number of aliphatic carboxylic acids is 1. The van der Waals surface area contributed by atoms with Crippen LogP contribution in [0.15, 0.2) is 36.7 Å². The molecule has 118 valence electrons. The number of imide groups is 1. The van der Waals surface area contributed by atoms with Gasteiger partial charge in [-0.05, 0) is 11.6 Å². The van der Waals surface area contributed by atoms with Crippen LogP contribution in [0.2, 0.25) is 0 Å². The number of hydrogen-bond donors (Lipinski definition) is 1. The van der Waals surface area contributed by atoms with Crippen LogP contribution < -0.4 is 0 Å². The molecule has 0 radical (unpaired) electrons. The van der Waals surface area contributed by atoms with Crippen molar-refractivity contribution < 1.29 is 19.5 Å². The number of benzene rings is 1. The molecule has 7 heteroatoms. The number of rotatable bonds is 4. The van der Waals surface area contributed by atoms with E-state index in [0.717, 1.165) is 4.90 Å². The zero-order valence-corrected chi connectivity index (χ0v) is 12.5. The molecule has 23 heavy (non-hydrogen) atoms. The lowest BCUT2D eigenvalue weighted by Gasteiger charge is -2.31. The van der Waals surface area contributed by atoms with E-state index in [2.05, 4.69) is 4.98 Å². The van der Waals surface area contributed by atoms with E-state index in [9.17, 15) is 14.4 Å². The Kier molecular flexibility index (Phi) is 3.69. The summed E-state index contributed by atoms with van der Waals surface area (Å²) in [5, 5.41) is 9.09. The largest absolute Gasteiger partial charge is 0.481 e. The lowest BCUT2D eigenvalue weighted by atomic mass is 9.86. The fourth-order valence-electron chi connectivity index (χ4n) is 2.77. The van der Waals surface area contributed by atoms with Crippen LogP contribution in [-0.2, 0) is 23.2 Å². The van der Waals surface area contributed by atoms with Gasteiger partial charge < -0.3 is 9.67 Å². The van der Waals surface area contributed by atoms with Crippen LogP contribution in [0.1, 0.15) is 34.1 Å². The quantitative estimate of drug-likeness (QED) is 0.855. The maximum absolute atomic E-state index is 12.7. The molecule has 1 N–H and O–H groups in total. The number of carboxylic acids is 1. The minimum absolute atomic E-state index is 0.0195. The van der Waals surface area contributed by atoms with Crippen molar-refractivity contribution in [2.45, 2.75) is 18.9 Å². The molecule has 7 nitrogen and oxygen atoms in total. The van der Waals surface area contributed by atoms with Crippen molar-refractivity contribution in [3.8, 4) is 0 Å². The highest BCUT2D eigenvalue weighted by molar-refractivity contribution is 6.12. The van der Waals surface area contributed by atoms with Gasteiger partial charge in [0.25, 0.3) is 5.91 Å². The highest BCUT2D eigenvalue weighted by atomic mass is 16.4. The number of amides is 2. The Labute approximate surface area is 132 Å². The summed E-state index contributed by atoms with van der Waals surface area (Å²) < 4.78 is 1.72. The lowest BCUT2D eigenvalue weighted by molar-refractivity contribution is -0.141. The van der Waals surface area contributed by atoms with Crippen molar-refractivity contribution >= 4 is 17.8 Å². The molecule has 0 bridgehead atoms. The third kappa shape index (κ3) is 2.61. The molecule has 1 unspecified atom stereocenters. The molecule has 1 atom stereocenters. The molecular weight excluding hydrogens is 298 g/mol. The van der Waals surface area contributed by atoms with E-state index in [1.54, 1.807) is 48.3 Å². The summed E-state index contributed by atoms with van der Waals surface area (Å²) in [7, 11) is 1.77. The fraction of sp³-hybridized carbons (Fsp3) is 0.250. The summed E-state index contributed by atoms with van der Waals surface area (Å²) in [4.78, 5) is 41.6. The van der Waals surface area contributed by atoms with Crippen molar-refractivity contribution in [3.05, 3.63) is 53.6 Å². The van der Waals surface area contributed by atoms with Gasteiger partial charge in [-0.1, -0.05) is 18.2 Å². The molecule has 0 aliphatic carbocycles. The third-order valence-electron chi connectivity index (χ3n) is 3.98. The Morgan fingerprint density at radius 3 is 2.70 bits per heavy atom. The number of carboxylic acid groups (broad SMARTS) is 1. The smallest absolute Gasteiger partial charge is 0.304 e. The summed E-state index contributed by atoms with van der Waals surface area (Å²) in [5.41, 5.74) is 0.841. The number of hydrogen-bond acceptors (Lipinski definition) is 4. The van der Waals surface area contributed by atoms with E-state index < -0.39 is 23.7 Å². The molecule has 0 spiro atoms. The standard InChI is InChI=1S/C16H15N3O4/c1-18-7-6-17-13(18)9-19-15(22)11-5-3-2-4-10(11)12(16(19)23)8-14(20)21/h2-7,12H,8-9H2,1H3,(H,20,21). The summed E-state index contributed by atoms with van der Waals surface area (Å²) in [6.07, 6.45) is 2.95. The van der Waals surface area contributed by atoms with Gasteiger partial charge in [0.1, 0.15) is 5.82 Å². The predicted octanol–water partition coefficient (Wildman–Crippen LogP) is 1.16. The van der Waals surface area contributed by atoms with E-state index in [1.165, 1.54) is 0 Å². The van der Waals surface area contributed by atoms with Gasteiger partial charge in [0.15, 0.2) is 0 Å². The van der Waals surface area contributed by atoms with E-state index in [1.807, 2.05) is 0 Å². The van der Waals surface area contributed by atoms with Gasteiger partial charge in [-0.2, -0.15) is 0 Å². The number of imidazole rings is 1. The zero-order chi connectivity index (χ0) is 16.6. The predicted molar refractivity (Wildman–Crippen MR) is 79.5 cm³/mol. The van der Waals surface area contributed by atoms with Crippen LogP contribution in [-0.4, -0.2) is 37.3 Å². The number of carbonyl (C=O) groups excluding carboxylic acids is 2. The molecule has 2 amide bonds. The maximum atomic E-state index is 12.7. The van der Waals surface area contributed by atoms with Crippen LogP contribution in [0.5, 0.6) is 0 Å². The fourth-order valence-corrected chi connectivity index (χ4v) is 2.77. The van der Waals surface area contributed by atoms with Crippen LogP contribution in [0.3, 0.4) is 0 Å². The second-order valence-electron chi connectivity index (χ2n) is 5.42. The molecule has 0 fully saturated rings. The van der Waals surface area contributed by atoms with Crippen LogP contribution in [0.4, 0.5) is 0 Å². The number of aromatic nitrogens is 2. The first kappa shape index (κ1) is 15.0. The van der Waals surface area contributed by atoms with Gasteiger partial charge in [0, 0.05) is 25.0 Å². The Bertz CT molecular complexity index is 796. The van der Waals surface area contributed by atoms with Gasteiger partial charge in [-0.15, -0.1) is 0 Å². The average Bonchev–Trinajstić information content (AvgIpc) is 2.93. The molecule has 1 aromatic heterocycles. The average molecular weight is 313 g/mol. The minimum atomic E-state index is -1.08. The normalized spacial score (nSPS) is 17.3. The topological polar surface area (TPSA) is 92.5 Å². The highest BCUT2D eigenvalue weighted by Crippen LogP contribution is 2.32. The van der Waals surface area contributed by atoms with Crippen LogP contribution in [0.25, 0.3) is 0 Å². The summed E-state index contributed by atoms with van der Waals surface area (Å²) in [5.74, 6) is -2.30. The van der Waals surface area contributed by atoms with Gasteiger partial charge in [0.2, 0.25) is 5.91 Å². The number of aryl methyl sites for hydroxylation is 1. The van der Waals surface area contributed by atoms with Crippen molar-refractivity contribution in [3.63, 3.8) is 0 Å². The Hall–Kier alpha value is -2.96. The maximum Gasteiger partial charge on any atom is 0.304 e. The molecule has 1 aliphatic rings. The number of carbonyl (C=O) groups is 3. The molecule has 0 saturated heterocycles. The zero-order valence-electron chi connectivity index (χ0n) is 12.5. The molecule has 3 rings (SSSR count). The molecule has 2 heterocycles. The van der Waals surface area contributed by atoms with Gasteiger partial charge in [-0.3, -0.25) is 19.3 Å². The lowest BCUT2D eigenvalue weighted by Crippen LogP contribution is -2.45. The summed E-state index contributed by atoms with van der Waals surface area (Å²) in [6, 6.07) is 6.65. The second kappa shape index (κ2) is 5.68. The molecule has 2 aromatic rings.